The second kappa shape index (κ2) is 12.7. The minimum absolute atomic E-state index is 0.0650. The molecule has 0 aromatic heterocycles. The number of nitrogens with zero attached hydrogens (tertiary/aromatic N) is 1. The average molecular weight is 401 g/mol. The molecule has 6 heteroatoms. The molecule has 29 heavy (non-hydrogen) atoms. The number of hydrogen-bond donors (Lipinski definition) is 0. The summed E-state index contributed by atoms with van der Waals surface area (Å²) in [7, 11) is 3.97. The van der Waals surface area contributed by atoms with Crippen LogP contribution in [0, 0.1) is 0 Å². The highest BCUT2D eigenvalue weighted by molar-refractivity contribution is 6.06. The Kier molecular flexibility index (Phi) is 9.89. The molecular weight excluding hydrogens is 373 g/mol. The van der Waals surface area contributed by atoms with Crippen LogP contribution in [0.3, 0.4) is 0 Å². The first-order valence-electron chi connectivity index (χ1n) is 9.54. The van der Waals surface area contributed by atoms with E-state index in [1.165, 1.54) is 0 Å². The Morgan fingerprint density at radius 3 is 2.14 bits per heavy atom. The quantitative estimate of drug-likeness (QED) is 0.288. The van der Waals surface area contributed by atoms with Gasteiger partial charge in [0.25, 0.3) is 0 Å². The minimum atomic E-state index is -0.485. The number of hydrogen-bond acceptors (Lipinski definition) is 5. The van der Waals surface area contributed by atoms with Crippen LogP contribution in [0.25, 0.3) is 6.08 Å². The number of benzene rings is 2. The highest BCUT2D eigenvalue weighted by Gasteiger charge is 2.03. The van der Waals surface area contributed by atoms with Crippen LogP contribution in [0.2, 0.25) is 0 Å². The molecule has 0 spiro atoms. The smallest absolute Gasteiger partial charge is 0.185 e. The van der Waals surface area contributed by atoms with Gasteiger partial charge < -0.3 is 19.1 Å². The van der Waals surface area contributed by atoms with Gasteiger partial charge >= 0.3 is 0 Å². The molecule has 5 nitrogen and oxygen atoms in total. The van der Waals surface area contributed by atoms with E-state index < -0.39 is 6.67 Å². The van der Waals surface area contributed by atoms with Gasteiger partial charge in [-0.3, -0.25) is 4.79 Å². The fraction of sp³-hybridized carbons (Fsp3) is 0.348. The molecule has 156 valence electrons. The normalized spacial score (nSPS) is 11.0. The molecule has 0 radical (unpaired) electrons. The number of carbonyl (C=O) groups is 1. The van der Waals surface area contributed by atoms with Crippen molar-refractivity contribution in [1.82, 2.24) is 0 Å². The van der Waals surface area contributed by atoms with Crippen molar-refractivity contribution < 1.29 is 23.4 Å². The standard InChI is InChI=1S/C23H28FNO4/c1-25(2)21-8-3-19(4-9-21)5-12-23(26)20-6-10-22(11-7-20)29-18-17-28-16-15-27-14-13-24/h3-12H,13-18H2,1-2H3/b12-5+. The molecule has 0 bridgehead atoms. The van der Waals surface area contributed by atoms with E-state index in [1.807, 2.05) is 43.3 Å². The molecular formula is C23H28FNO4. The predicted molar refractivity (Wildman–Crippen MR) is 114 cm³/mol. The Bertz CT molecular complexity index is 757. The van der Waals surface area contributed by atoms with Crippen molar-refractivity contribution in [2.75, 3.05) is 58.7 Å². The topological polar surface area (TPSA) is 48.0 Å². The Morgan fingerprint density at radius 1 is 0.897 bits per heavy atom. The maximum absolute atomic E-state index is 12.3. The Labute approximate surface area is 171 Å². The van der Waals surface area contributed by atoms with E-state index in [1.54, 1.807) is 36.4 Å². The van der Waals surface area contributed by atoms with Gasteiger partial charge in [-0.15, -0.1) is 0 Å². The molecule has 0 aliphatic rings. The lowest BCUT2D eigenvalue weighted by Crippen LogP contribution is -2.11. The van der Waals surface area contributed by atoms with Crippen molar-refractivity contribution in [3.05, 3.63) is 65.7 Å². The van der Waals surface area contributed by atoms with Gasteiger partial charge in [-0.1, -0.05) is 18.2 Å². The van der Waals surface area contributed by atoms with Gasteiger partial charge in [-0.05, 0) is 48.0 Å². The van der Waals surface area contributed by atoms with Crippen molar-refractivity contribution in [1.29, 1.82) is 0 Å². The SMILES string of the molecule is CN(C)c1ccc(/C=C/C(=O)c2ccc(OCCOCCOCCF)cc2)cc1. The molecule has 0 unspecified atom stereocenters. The average Bonchev–Trinajstić information content (AvgIpc) is 2.74. The zero-order valence-corrected chi connectivity index (χ0v) is 17.0. The predicted octanol–water partition coefficient (Wildman–Crippen LogP) is 4.03. The van der Waals surface area contributed by atoms with E-state index in [2.05, 4.69) is 0 Å². The summed E-state index contributed by atoms with van der Waals surface area (Å²) in [6.07, 6.45) is 3.38. The van der Waals surface area contributed by atoms with Crippen molar-refractivity contribution in [3.63, 3.8) is 0 Å². The van der Waals surface area contributed by atoms with Gasteiger partial charge in [-0.2, -0.15) is 0 Å². The summed E-state index contributed by atoms with van der Waals surface area (Å²) in [5.74, 6) is 0.604. The van der Waals surface area contributed by atoms with E-state index in [4.69, 9.17) is 14.2 Å². The fourth-order valence-electron chi connectivity index (χ4n) is 2.46. The van der Waals surface area contributed by atoms with Crippen molar-refractivity contribution >= 4 is 17.5 Å². The molecule has 2 rings (SSSR count). The molecule has 0 atom stereocenters. The summed E-state index contributed by atoms with van der Waals surface area (Å²) in [6, 6.07) is 15.0. The van der Waals surface area contributed by atoms with Crippen molar-refractivity contribution in [2.24, 2.45) is 0 Å². The Morgan fingerprint density at radius 2 is 1.52 bits per heavy atom. The minimum Gasteiger partial charge on any atom is -0.491 e. The number of alkyl halides is 1. The van der Waals surface area contributed by atoms with Gasteiger partial charge in [0, 0.05) is 25.3 Å². The number of allylic oxidation sites excluding steroid dienone is 1. The molecule has 0 aliphatic carbocycles. The van der Waals surface area contributed by atoms with Crippen LogP contribution in [-0.2, 0) is 9.47 Å². The third kappa shape index (κ3) is 8.46. The number of ether oxygens (including phenoxy) is 3. The lowest BCUT2D eigenvalue weighted by atomic mass is 10.1. The lowest BCUT2D eigenvalue weighted by Gasteiger charge is -2.11. The molecule has 2 aromatic carbocycles. The van der Waals surface area contributed by atoms with Crippen LogP contribution in [0.5, 0.6) is 5.75 Å². The molecule has 0 amide bonds. The van der Waals surface area contributed by atoms with Crippen LogP contribution < -0.4 is 9.64 Å². The Hall–Kier alpha value is -2.70. The van der Waals surface area contributed by atoms with Crippen LogP contribution in [-0.4, -0.2) is 59.6 Å². The van der Waals surface area contributed by atoms with Crippen LogP contribution in [0.15, 0.2) is 54.6 Å². The van der Waals surface area contributed by atoms with E-state index in [9.17, 15) is 9.18 Å². The summed E-state index contributed by atoms with van der Waals surface area (Å²) < 4.78 is 27.7. The van der Waals surface area contributed by atoms with E-state index in [-0.39, 0.29) is 12.4 Å². The first-order chi connectivity index (χ1) is 14.1. The molecule has 0 N–H and O–H groups in total. The zero-order valence-electron chi connectivity index (χ0n) is 17.0. The van der Waals surface area contributed by atoms with Gasteiger partial charge in [0.2, 0.25) is 0 Å². The summed E-state index contributed by atoms with van der Waals surface area (Å²) in [4.78, 5) is 14.3. The third-order valence-electron chi connectivity index (χ3n) is 4.07. The number of anilines is 1. The third-order valence-corrected chi connectivity index (χ3v) is 4.07. The first-order valence-corrected chi connectivity index (χ1v) is 9.54. The number of ketones is 1. The summed E-state index contributed by atoms with van der Waals surface area (Å²) >= 11 is 0. The number of halogens is 1. The molecule has 0 saturated heterocycles. The molecule has 0 saturated carbocycles. The first kappa shape index (κ1) is 22.6. The second-order valence-electron chi connectivity index (χ2n) is 6.47. The second-order valence-corrected chi connectivity index (χ2v) is 6.47. The van der Waals surface area contributed by atoms with E-state index in [0.717, 1.165) is 11.3 Å². The Balaban J connectivity index is 1.73. The van der Waals surface area contributed by atoms with Crippen molar-refractivity contribution in [3.8, 4) is 5.75 Å². The fourth-order valence-corrected chi connectivity index (χ4v) is 2.46. The van der Waals surface area contributed by atoms with E-state index >= 15 is 0 Å². The molecule has 0 aliphatic heterocycles. The van der Waals surface area contributed by atoms with Gasteiger partial charge in [0.1, 0.15) is 19.0 Å². The van der Waals surface area contributed by atoms with Gasteiger partial charge in [-0.25, -0.2) is 4.39 Å². The zero-order chi connectivity index (χ0) is 20.9. The number of carbonyl (C=O) groups excluding carboxylic acids is 1. The van der Waals surface area contributed by atoms with E-state index in [0.29, 0.717) is 37.7 Å². The van der Waals surface area contributed by atoms with Gasteiger partial charge in [0.15, 0.2) is 5.78 Å². The maximum atomic E-state index is 12.3. The highest BCUT2D eigenvalue weighted by Crippen LogP contribution is 2.15. The summed E-state index contributed by atoms with van der Waals surface area (Å²) in [6.45, 7) is 1.19. The molecule has 0 heterocycles. The summed E-state index contributed by atoms with van der Waals surface area (Å²) in [5.41, 5.74) is 2.68. The monoisotopic (exact) mass is 401 g/mol. The summed E-state index contributed by atoms with van der Waals surface area (Å²) in [5, 5.41) is 0. The molecule has 2 aromatic rings. The lowest BCUT2D eigenvalue weighted by molar-refractivity contribution is 0.0325. The van der Waals surface area contributed by atoms with Crippen LogP contribution in [0.1, 0.15) is 15.9 Å². The maximum Gasteiger partial charge on any atom is 0.185 e. The highest BCUT2D eigenvalue weighted by atomic mass is 19.1. The van der Waals surface area contributed by atoms with Crippen molar-refractivity contribution in [2.45, 2.75) is 0 Å². The largest absolute Gasteiger partial charge is 0.491 e. The number of rotatable bonds is 13. The van der Waals surface area contributed by atoms with Crippen LogP contribution >= 0.6 is 0 Å². The molecule has 0 fully saturated rings. The van der Waals surface area contributed by atoms with Gasteiger partial charge in [0.05, 0.1) is 26.4 Å². The van der Waals surface area contributed by atoms with Crippen LogP contribution in [0.4, 0.5) is 10.1 Å².